The molecule has 0 bridgehead atoms. The Morgan fingerprint density at radius 1 is 1.23 bits per heavy atom. The maximum atomic E-state index is 13.2. The highest BCUT2D eigenvalue weighted by Crippen LogP contribution is 2.40. The van der Waals surface area contributed by atoms with Crippen LogP contribution in [0, 0.1) is 12.8 Å². The molecule has 2 fully saturated rings. The van der Waals surface area contributed by atoms with Gasteiger partial charge < -0.3 is 10.0 Å². The van der Waals surface area contributed by atoms with E-state index >= 15 is 0 Å². The lowest BCUT2D eigenvalue weighted by Gasteiger charge is -2.33. The van der Waals surface area contributed by atoms with Crippen LogP contribution in [0.3, 0.4) is 0 Å². The minimum Gasteiger partial charge on any atom is -0.480 e. The standard InChI is InChI=1S/C19H22N4O3/c1-12-8-14(6-7-15(12)22-11-20-10-21-22)18(24)23-16-5-3-2-4-13(16)9-17(23)19(25)26/h6-8,10-11,13,16-17H,2-5,9H2,1H3,(H,25,26)/t13-,16+,17+/m1/s1. The number of carboxylic acids is 1. The van der Waals surface area contributed by atoms with E-state index in [4.69, 9.17) is 0 Å². The fraction of sp³-hybridized carbons (Fsp3) is 0.474. The Hall–Kier alpha value is -2.70. The number of aromatic nitrogens is 3. The summed E-state index contributed by atoms with van der Waals surface area (Å²) in [6.45, 7) is 1.91. The number of amides is 1. The van der Waals surface area contributed by atoms with Crippen LogP contribution in [-0.2, 0) is 4.79 Å². The smallest absolute Gasteiger partial charge is 0.326 e. The minimum atomic E-state index is -0.899. The van der Waals surface area contributed by atoms with Gasteiger partial charge in [0.15, 0.2) is 0 Å². The first-order valence-corrected chi connectivity index (χ1v) is 9.07. The number of rotatable bonds is 3. The van der Waals surface area contributed by atoms with Gasteiger partial charge in [0.1, 0.15) is 18.7 Å². The van der Waals surface area contributed by atoms with Crippen LogP contribution in [0.25, 0.3) is 5.69 Å². The quantitative estimate of drug-likeness (QED) is 0.914. The van der Waals surface area contributed by atoms with Crippen molar-refractivity contribution in [2.45, 2.75) is 51.1 Å². The van der Waals surface area contributed by atoms with Gasteiger partial charge in [-0.25, -0.2) is 14.5 Å². The molecular formula is C19H22N4O3. The average molecular weight is 354 g/mol. The largest absolute Gasteiger partial charge is 0.480 e. The van der Waals surface area contributed by atoms with E-state index in [2.05, 4.69) is 10.1 Å². The van der Waals surface area contributed by atoms with E-state index in [9.17, 15) is 14.7 Å². The lowest BCUT2D eigenvalue weighted by atomic mass is 9.84. The monoisotopic (exact) mass is 354 g/mol. The first-order valence-electron chi connectivity index (χ1n) is 9.07. The van der Waals surface area contributed by atoms with Crippen LogP contribution in [0.5, 0.6) is 0 Å². The number of likely N-dealkylation sites (tertiary alicyclic amines) is 1. The van der Waals surface area contributed by atoms with Crippen LogP contribution in [0.2, 0.25) is 0 Å². The van der Waals surface area contributed by atoms with Gasteiger partial charge in [0.05, 0.1) is 5.69 Å². The number of carbonyl (C=O) groups is 2. The second kappa shape index (κ2) is 6.55. The van der Waals surface area contributed by atoms with E-state index in [0.29, 0.717) is 17.9 Å². The second-order valence-corrected chi connectivity index (χ2v) is 7.26. The summed E-state index contributed by atoms with van der Waals surface area (Å²) in [5.74, 6) is -0.770. The summed E-state index contributed by atoms with van der Waals surface area (Å²) >= 11 is 0. The van der Waals surface area contributed by atoms with Crippen LogP contribution < -0.4 is 0 Å². The maximum absolute atomic E-state index is 13.2. The molecule has 1 N–H and O–H groups in total. The molecule has 4 rings (SSSR count). The molecule has 2 aliphatic rings. The van der Waals surface area contributed by atoms with Gasteiger partial charge in [0, 0.05) is 11.6 Å². The Labute approximate surface area is 151 Å². The highest BCUT2D eigenvalue weighted by atomic mass is 16.4. The zero-order chi connectivity index (χ0) is 18.3. The number of hydrogen-bond donors (Lipinski definition) is 1. The van der Waals surface area contributed by atoms with Crippen molar-refractivity contribution in [2.24, 2.45) is 5.92 Å². The Kier molecular flexibility index (Phi) is 4.22. The van der Waals surface area contributed by atoms with Gasteiger partial charge in [0.25, 0.3) is 5.91 Å². The number of aryl methyl sites for hydroxylation is 1. The van der Waals surface area contributed by atoms with Crippen molar-refractivity contribution in [3.63, 3.8) is 0 Å². The van der Waals surface area contributed by atoms with Crippen LogP contribution >= 0.6 is 0 Å². The molecule has 7 nitrogen and oxygen atoms in total. The van der Waals surface area contributed by atoms with Crippen molar-refractivity contribution in [1.29, 1.82) is 0 Å². The van der Waals surface area contributed by atoms with Crippen molar-refractivity contribution in [2.75, 3.05) is 0 Å². The summed E-state index contributed by atoms with van der Waals surface area (Å²) in [4.78, 5) is 30.5. The van der Waals surface area contributed by atoms with Crippen LogP contribution in [0.4, 0.5) is 0 Å². The summed E-state index contributed by atoms with van der Waals surface area (Å²) in [5, 5.41) is 13.8. The Morgan fingerprint density at radius 3 is 2.73 bits per heavy atom. The molecule has 136 valence electrons. The average Bonchev–Trinajstić information content (AvgIpc) is 3.28. The van der Waals surface area contributed by atoms with E-state index in [-0.39, 0.29) is 11.9 Å². The molecule has 1 aliphatic carbocycles. The van der Waals surface area contributed by atoms with Gasteiger partial charge in [-0.15, -0.1) is 0 Å². The predicted octanol–water partition coefficient (Wildman–Crippen LogP) is 2.43. The molecule has 1 aromatic heterocycles. The van der Waals surface area contributed by atoms with Gasteiger partial charge in [-0.2, -0.15) is 5.10 Å². The van der Waals surface area contributed by atoms with E-state index < -0.39 is 12.0 Å². The molecule has 1 saturated carbocycles. The normalized spacial score (nSPS) is 25.1. The Bertz CT molecular complexity index is 833. The molecule has 26 heavy (non-hydrogen) atoms. The Balaban J connectivity index is 1.65. The molecule has 3 atom stereocenters. The van der Waals surface area contributed by atoms with Crippen molar-refractivity contribution < 1.29 is 14.7 Å². The first kappa shape index (κ1) is 16.8. The molecule has 2 heterocycles. The summed E-state index contributed by atoms with van der Waals surface area (Å²) in [6.07, 6.45) is 7.74. The van der Waals surface area contributed by atoms with E-state index in [1.807, 2.05) is 19.1 Å². The zero-order valence-corrected chi connectivity index (χ0v) is 14.7. The Morgan fingerprint density at radius 2 is 2.04 bits per heavy atom. The van der Waals surface area contributed by atoms with Crippen molar-refractivity contribution in [3.8, 4) is 5.69 Å². The highest BCUT2D eigenvalue weighted by molar-refractivity contribution is 5.97. The topological polar surface area (TPSA) is 88.3 Å². The molecule has 0 spiro atoms. The third kappa shape index (κ3) is 2.77. The third-order valence-electron chi connectivity index (χ3n) is 5.72. The minimum absolute atomic E-state index is 0.0487. The van der Waals surface area contributed by atoms with Gasteiger partial charge >= 0.3 is 5.97 Å². The molecule has 1 aromatic carbocycles. The molecule has 1 amide bonds. The molecule has 1 saturated heterocycles. The number of aliphatic carboxylic acids is 1. The summed E-state index contributed by atoms with van der Waals surface area (Å²) < 4.78 is 1.65. The number of hydrogen-bond acceptors (Lipinski definition) is 4. The molecule has 0 unspecified atom stereocenters. The van der Waals surface area contributed by atoms with Crippen molar-refractivity contribution in [1.82, 2.24) is 19.7 Å². The number of carbonyl (C=O) groups excluding carboxylic acids is 1. The van der Waals surface area contributed by atoms with Crippen LogP contribution in [0.1, 0.15) is 48.0 Å². The number of carboxylic acid groups (broad SMARTS) is 1. The van der Waals surface area contributed by atoms with E-state index in [1.165, 1.54) is 6.33 Å². The van der Waals surface area contributed by atoms with Crippen molar-refractivity contribution >= 4 is 11.9 Å². The first-order chi connectivity index (χ1) is 12.6. The number of nitrogens with zero attached hydrogens (tertiary/aromatic N) is 4. The molecule has 7 heteroatoms. The van der Waals surface area contributed by atoms with Crippen LogP contribution in [0.15, 0.2) is 30.9 Å². The fourth-order valence-electron chi connectivity index (χ4n) is 4.50. The molecule has 0 radical (unpaired) electrons. The van der Waals surface area contributed by atoms with E-state index in [0.717, 1.165) is 36.9 Å². The number of fused-ring (bicyclic) bond motifs is 1. The van der Waals surface area contributed by atoms with Gasteiger partial charge in [-0.3, -0.25) is 4.79 Å². The summed E-state index contributed by atoms with van der Waals surface area (Å²) in [6, 6.07) is 4.73. The number of benzene rings is 1. The van der Waals surface area contributed by atoms with Crippen LogP contribution in [-0.4, -0.2) is 48.7 Å². The van der Waals surface area contributed by atoms with E-state index in [1.54, 1.807) is 22.0 Å². The van der Waals surface area contributed by atoms with Gasteiger partial charge in [-0.05, 0) is 55.9 Å². The SMILES string of the molecule is Cc1cc(C(=O)N2[C@H](C(=O)O)C[C@H]3CCCC[C@@H]32)ccc1-n1cncn1. The summed E-state index contributed by atoms with van der Waals surface area (Å²) in [5.41, 5.74) is 2.28. The molecular weight excluding hydrogens is 332 g/mol. The predicted molar refractivity (Wildman–Crippen MR) is 94.1 cm³/mol. The molecule has 2 aromatic rings. The second-order valence-electron chi connectivity index (χ2n) is 7.26. The third-order valence-corrected chi connectivity index (χ3v) is 5.72. The van der Waals surface area contributed by atoms with Crippen molar-refractivity contribution in [3.05, 3.63) is 42.0 Å². The fourth-order valence-corrected chi connectivity index (χ4v) is 4.50. The summed E-state index contributed by atoms with van der Waals surface area (Å²) in [7, 11) is 0. The maximum Gasteiger partial charge on any atom is 0.326 e. The zero-order valence-electron chi connectivity index (χ0n) is 14.7. The lowest BCUT2D eigenvalue weighted by molar-refractivity contribution is -0.141. The lowest BCUT2D eigenvalue weighted by Crippen LogP contribution is -2.46. The highest BCUT2D eigenvalue weighted by Gasteiger charge is 2.47. The molecule has 1 aliphatic heterocycles. The van der Waals surface area contributed by atoms with Gasteiger partial charge in [0.2, 0.25) is 0 Å². The van der Waals surface area contributed by atoms with Gasteiger partial charge in [-0.1, -0.05) is 12.8 Å².